The third-order valence-corrected chi connectivity index (χ3v) is 3.90. The molecule has 0 amide bonds. The van der Waals surface area contributed by atoms with Crippen molar-refractivity contribution in [2.24, 2.45) is 0 Å². The predicted molar refractivity (Wildman–Crippen MR) is 75.3 cm³/mol. The first-order valence-electron chi connectivity index (χ1n) is 6.32. The molecule has 1 heterocycles. The van der Waals surface area contributed by atoms with Crippen molar-refractivity contribution >= 4 is 15.9 Å². The summed E-state index contributed by atoms with van der Waals surface area (Å²) in [5.74, 6) is 0.726. The number of ether oxygens (including phenoxy) is 1. The van der Waals surface area contributed by atoms with Gasteiger partial charge in [-0.2, -0.15) is 4.98 Å². The van der Waals surface area contributed by atoms with Crippen LogP contribution in [0, 0.1) is 6.92 Å². The van der Waals surface area contributed by atoms with Gasteiger partial charge in [-0.1, -0.05) is 15.9 Å². The van der Waals surface area contributed by atoms with E-state index in [4.69, 9.17) is 9.15 Å². The van der Waals surface area contributed by atoms with Gasteiger partial charge < -0.3 is 14.5 Å². The summed E-state index contributed by atoms with van der Waals surface area (Å²) in [5, 5.41) is 3.38. The van der Waals surface area contributed by atoms with Gasteiger partial charge in [-0.25, -0.2) is 0 Å². The molecule has 1 aliphatic rings. The number of rotatable bonds is 5. The molecule has 2 aromatic rings. The summed E-state index contributed by atoms with van der Waals surface area (Å²) in [5.41, 5.74) is 1.98. The van der Waals surface area contributed by atoms with E-state index in [1.165, 1.54) is 12.8 Å². The minimum atomic E-state index is 0.286. The molecule has 0 radical (unpaired) electrons. The van der Waals surface area contributed by atoms with Crippen LogP contribution in [0.3, 0.4) is 0 Å². The SMILES string of the molecule is Cc1cc(Oc2nc(CNC3CC3)co2)ccc1Br. The number of aromatic nitrogens is 1. The first-order valence-corrected chi connectivity index (χ1v) is 7.12. The van der Waals surface area contributed by atoms with Crippen molar-refractivity contribution in [1.29, 1.82) is 0 Å². The Morgan fingerprint density at radius 3 is 3.05 bits per heavy atom. The maximum atomic E-state index is 5.59. The van der Waals surface area contributed by atoms with Crippen molar-refractivity contribution in [1.82, 2.24) is 10.3 Å². The third-order valence-electron chi connectivity index (χ3n) is 3.01. The van der Waals surface area contributed by atoms with Gasteiger partial charge in [0.2, 0.25) is 0 Å². The molecule has 0 bridgehead atoms. The molecule has 100 valence electrons. The van der Waals surface area contributed by atoms with E-state index in [2.05, 4.69) is 26.2 Å². The summed E-state index contributed by atoms with van der Waals surface area (Å²) in [4.78, 5) is 4.29. The van der Waals surface area contributed by atoms with Crippen LogP contribution in [0.5, 0.6) is 11.8 Å². The quantitative estimate of drug-likeness (QED) is 0.909. The normalized spacial score (nSPS) is 14.6. The lowest BCUT2D eigenvalue weighted by molar-refractivity contribution is 0.330. The average molecular weight is 323 g/mol. The summed E-state index contributed by atoms with van der Waals surface area (Å²) >= 11 is 3.46. The number of nitrogens with zero attached hydrogens (tertiary/aromatic N) is 1. The van der Waals surface area contributed by atoms with Crippen molar-refractivity contribution < 1.29 is 9.15 Å². The number of nitrogens with one attached hydrogen (secondary N) is 1. The van der Waals surface area contributed by atoms with Gasteiger partial charge in [0.15, 0.2) is 0 Å². The van der Waals surface area contributed by atoms with Gasteiger partial charge in [-0.05, 0) is 43.5 Å². The maximum Gasteiger partial charge on any atom is 0.399 e. The van der Waals surface area contributed by atoms with Crippen LogP contribution in [-0.4, -0.2) is 11.0 Å². The number of benzene rings is 1. The van der Waals surface area contributed by atoms with Gasteiger partial charge in [0.1, 0.15) is 12.0 Å². The monoisotopic (exact) mass is 322 g/mol. The molecule has 1 aliphatic carbocycles. The third kappa shape index (κ3) is 3.36. The molecule has 4 nitrogen and oxygen atoms in total. The fourth-order valence-electron chi connectivity index (χ4n) is 1.73. The molecule has 3 rings (SSSR count). The smallest absolute Gasteiger partial charge is 0.399 e. The Hall–Kier alpha value is -1.33. The second-order valence-electron chi connectivity index (χ2n) is 4.77. The van der Waals surface area contributed by atoms with E-state index in [0.29, 0.717) is 6.04 Å². The number of oxazole rings is 1. The fourth-order valence-corrected chi connectivity index (χ4v) is 1.98. The summed E-state index contributed by atoms with van der Waals surface area (Å²) < 4.78 is 12.0. The lowest BCUT2D eigenvalue weighted by atomic mass is 10.2. The maximum absolute atomic E-state index is 5.59. The van der Waals surface area contributed by atoms with Gasteiger partial charge in [0.25, 0.3) is 0 Å². The molecule has 1 N–H and O–H groups in total. The molecule has 0 saturated heterocycles. The zero-order valence-corrected chi connectivity index (χ0v) is 12.2. The van der Waals surface area contributed by atoms with E-state index < -0.39 is 0 Å². The van der Waals surface area contributed by atoms with Crippen LogP contribution in [0.25, 0.3) is 0 Å². The number of hydrogen-bond acceptors (Lipinski definition) is 4. The lowest BCUT2D eigenvalue weighted by Crippen LogP contribution is -2.15. The second kappa shape index (κ2) is 5.35. The molecule has 0 spiro atoms. The van der Waals surface area contributed by atoms with Crippen LogP contribution >= 0.6 is 15.9 Å². The molecule has 0 aliphatic heterocycles. The van der Waals surface area contributed by atoms with Gasteiger partial charge in [0, 0.05) is 17.1 Å². The van der Waals surface area contributed by atoms with Crippen LogP contribution in [0.15, 0.2) is 33.4 Å². The van der Waals surface area contributed by atoms with Crippen LogP contribution in [0.2, 0.25) is 0 Å². The van der Waals surface area contributed by atoms with E-state index in [-0.39, 0.29) is 6.08 Å². The predicted octanol–water partition coefficient (Wildman–Crippen LogP) is 3.79. The first-order chi connectivity index (χ1) is 9.20. The van der Waals surface area contributed by atoms with Gasteiger partial charge in [0.05, 0.1) is 5.69 Å². The topological polar surface area (TPSA) is 47.3 Å². The van der Waals surface area contributed by atoms with Gasteiger partial charge >= 0.3 is 6.08 Å². The van der Waals surface area contributed by atoms with E-state index in [1.54, 1.807) is 6.26 Å². The molecular formula is C14H15BrN2O2. The highest BCUT2D eigenvalue weighted by atomic mass is 79.9. The molecule has 1 saturated carbocycles. The molecule has 19 heavy (non-hydrogen) atoms. The van der Waals surface area contributed by atoms with Crippen molar-refractivity contribution in [3.8, 4) is 11.8 Å². The van der Waals surface area contributed by atoms with Crippen LogP contribution in [0.4, 0.5) is 0 Å². The van der Waals surface area contributed by atoms with Crippen molar-refractivity contribution in [2.75, 3.05) is 0 Å². The zero-order chi connectivity index (χ0) is 13.2. The minimum absolute atomic E-state index is 0.286. The average Bonchev–Trinajstić information content (AvgIpc) is 3.12. The van der Waals surface area contributed by atoms with Crippen molar-refractivity contribution in [3.63, 3.8) is 0 Å². The highest BCUT2D eigenvalue weighted by Crippen LogP contribution is 2.26. The van der Waals surface area contributed by atoms with Crippen LogP contribution in [-0.2, 0) is 6.54 Å². The Bertz CT molecular complexity index is 579. The minimum Gasteiger partial charge on any atom is -0.417 e. The van der Waals surface area contributed by atoms with Crippen molar-refractivity contribution in [3.05, 3.63) is 40.2 Å². The molecule has 0 atom stereocenters. The molecule has 1 fully saturated rings. The summed E-state index contributed by atoms with van der Waals surface area (Å²) in [7, 11) is 0. The Balaban J connectivity index is 1.63. The number of aryl methyl sites for hydroxylation is 1. The molecule has 0 unspecified atom stereocenters. The molecular weight excluding hydrogens is 308 g/mol. The van der Waals surface area contributed by atoms with Gasteiger partial charge in [-0.3, -0.25) is 0 Å². The Labute approximate surface area is 120 Å². The highest BCUT2D eigenvalue weighted by Gasteiger charge is 2.20. The van der Waals surface area contributed by atoms with E-state index in [1.807, 2.05) is 25.1 Å². The van der Waals surface area contributed by atoms with Crippen LogP contribution in [0.1, 0.15) is 24.1 Å². The standard InChI is InChI=1S/C14H15BrN2O2/c1-9-6-12(4-5-13(9)15)19-14-17-11(8-18-14)7-16-10-2-3-10/h4-6,8,10,16H,2-3,7H2,1H3. The highest BCUT2D eigenvalue weighted by molar-refractivity contribution is 9.10. The zero-order valence-electron chi connectivity index (χ0n) is 10.6. The molecule has 1 aromatic heterocycles. The largest absolute Gasteiger partial charge is 0.417 e. The number of halogens is 1. The molecule has 5 heteroatoms. The Morgan fingerprint density at radius 2 is 2.32 bits per heavy atom. The molecule has 1 aromatic carbocycles. The summed E-state index contributed by atoms with van der Waals surface area (Å²) in [6.07, 6.45) is 4.45. The second-order valence-corrected chi connectivity index (χ2v) is 5.63. The van der Waals surface area contributed by atoms with E-state index in [9.17, 15) is 0 Å². The fraction of sp³-hybridized carbons (Fsp3) is 0.357. The van der Waals surface area contributed by atoms with Crippen molar-refractivity contribution in [2.45, 2.75) is 32.4 Å². The summed E-state index contributed by atoms with van der Waals surface area (Å²) in [6.45, 7) is 2.74. The Morgan fingerprint density at radius 1 is 1.47 bits per heavy atom. The lowest BCUT2D eigenvalue weighted by Gasteiger charge is -2.03. The van der Waals surface area contributed by atoms with Crippen LogP contribution < -0.4 is 10.1 Å². The van der Waals surface area contributed by atoms with E-state index in [0.717, 1.165) is 28.0 Å². The van der Waals surface area contributed by atoms with E-state index >= 15 is 0 Å². The summed E-state index contributed by atoms with van der Waals surface area (Å²) in [6, 6.07) is 6.43. The van der Waals surface area contributed by atoms with Gasteiger partial charge in [-0.15, -0.1) is 0 Å². The number of hydrogen-bond donors (Lipinski definition) is 1. The Kier molecular flexibility index (Phi) is 3.57. The first kappa shape index (κ1) is 12.7.